The van der Waals surface area contributed by atoms with E-state index in [0.29, 0.717) is 19.1 Å². The molecule has 1 N–H and O–H groups in total. The third-order valence-corrected chi connectivity index (χ3v) is 5.79. The van der Waals surface area contributed by atoms with Crippen molar-refractivity contribution in [3.8, 4) is 0 Å². The number of amides is 1. The molecule has 1 amide bonds. The van der Waals surface area contributed by atoms with Gasteiger partial charge in [-0.05, 0) is 31.4 Å². The molecule has 0 bridgehead atoms. The van der Waals surface area contributed by atoms with Gasteiger partial charge < -0.3 is 5.32 Å². The Labute approximate surface area is 170 Å². The van der Waals surface area contributed by atoms with Gasteiger partial charge in [0.2, 0.25) is 5.91 Å². The second-order valence-electron chi connectivity index (χ2n) is 7.83. The van der Waals surface area contributed by atoms with Crippen molar-refractivity contribution in [2.75, 3.05) is 5.32 Å². The number of nitrogens with zero attached hydrogens (tertiary/aromatic N) is 4. The first kappa shape index (κ1) is 19.5. The number of hydrogen-bond acceptors (Lipinski definition) is 3. The lowest BCUT2D eigenvalue weighted by Gasteiger charge is -2.23. The molecule has 0 radical (unpaired) electrons. The van der Waals surface area contributed by atoms with Crippen LogP contribution in [0.1, 0.15) is 57.9 Å². The number of hydrogen-bond donors (Lipinski definition) is 1. The Morgan fingerprint density at radius 2 is 1.76 bits per heavy atom. The monoisotopic (exact) mass is 395 g/mol. The molecule has 1 aromatic carbocycles. The van der Waals surface area contributed by atoms with Gasteiger partial charge in [-0.15, -0.1) is 0 Å². The van der Waals surface area contributed by atoms with E-state index in [1.807, 2.05) is 35.0 Å². The fourth-order valence-corrected chi connectivity index (χ4v) is 4.38. The van der Waals surface area contributed by atoms with Gasteiger partial charge in [-0.2, -0.15) is 5.10 Å². The molecular formula is C22H29N5O2. The number of aryl methyl sites for hydroxylation is 2. The van der Waals surface area contributed by atoms with Gasteiger partial charge in [-0.1, -0.05) is 38.3 Å². The standard InChI is InChI=1S/C22H29N5O2/c1-2-15-25-18-10-6-7-11-19(18)26(22(25)29)16-13-21(28)24-20-12-14-23-27(20)17-8-4-3-5-9-17/h6-7,10-12,14,17H,2-5,8-9,13,15-16H2,1H3,(H,24,28). The molecule has 1 fully saturated rings. The Bertz CT molecular complexity index is 1040. The summed E-state index contributed by atoms with van der Waals surface area (Å²) in [6.45, 7) is 3.10. The summed E-state index contributed by atoms with van der Waals surface area (Å²) < 4.78 is 5.46. The summed E-state index contributed by atoms with van der Waals surface area (Å²) in [5.74, 6) is 0.657. The van der Waals surface area contributed by atoms with E-state index >= 15 is 0 Å². The maximum Gasteiger partial charge on any atom is 0.329 e. The Hall–Kier alpha value is -2.83. The molecule has 3 aromatic rings. The lowest BCUT2D eigenvalue weighted by molar-refractivity contribution is -0.116. The zero-order chi connectivity index (χ0) is 20.2. The van der Waals surface area contributed by atoms with E-state index in [1.165, 1.54) is 19.3 Å². The largest absolute Gasteiger partial charge is 0.329 e. The van der Waals surface area contributed by atoms with Gasteiger partial charge in [0, 0.05) is 25.6 Å². The predicted molar refractivity (Wildman–Crippen MR) is 114 cm³/mol. The van der Waals surface area contributed by atoms with Crippen LogP contribution in [-0.4, -0.2) is 24.8 Å². The molecule has 7 nitrogen and oxygen atoms in total. The van der Waals surface area contributed by atoms with Gasteiger partial charge in [-0.25, -0.2) is 9.48 Å². The fraction of sp³-hybridized carbons (Fsp3) is 0.500. The zero-order valence-electron chi connectivity index (χ0n) is 17.0. The summed E-state index contributed by atoms with van der Waals surface area (Å²) in [6, 6.07) is 9.99. The van der Waals surface area contributed by atoms with Gasteiger partial charge in [-0.3, -0.25) is 13.9 Å². The second-order valence-corrected chi connectivity index (χ2v) is 7.83. The van der Waals surface area contributed by atoms with Crippen LogP contribution in [0.25, 0.3) is 11.0 Å². The number of rotatable bonds is 7. The van der Waals surface area contributed by atoms with Gasteiger partial charge in [0.1, 0.15) is 5.82 Å². The Balaban J connectivity index is 1.47. The molecule has 7 heteroatoms. The van der Waals surface area contributed by atoms with E-state index < -0.39 is 0 Å². The molecule has 0 spiro atoms. The minimum absolute atomic E-state index is 0.0481. The number of aromatic nitrogens is 4. The SMILES string of the molecule is CCCn1c(=O)n(CCC(=O)Nc2ccnn2C2CCCCC2)c2ccccc21. The third kappa shape index (κ3) is 3.99. The van der Waals surface area contributed by atoms with E-state index in [4.69, 9.17) is 0 Å². The van der Waals surface area contributed by atoms with Crippen molar-refractivity contribution >= 4 is 22.8 Å². The number of carbonyl (C=O) groups is 1. The summed E-state index contributed by atoms with van der Waals surface area (Å²) in [5.41, 5.74) is 1.76. The van der Waals surface area contributed by atoms with E-state index in [9.17, 15) is 9.59 Å². The van der Waals surface area contributed by atoms with E-state index in [-0.39, 0.29) is 18.0 Å². The van der Waals surface area contributed by atoms with Gasteiger partial charge >= 0.3 is 5.69 Å². The summed E-state index contributed by atoms with van der Waals surface area (Å²) >= 11 is 0. The molecule has 0 unspecified atom stereocenters. The van der Waals surface area contributed by atoms with Crippen LogP contribution in [0.4, 0.5) is 5.82 Å². The second kappa shape index (κ2) is 8.68. The average Bonchev–Trinajstić information content (AvgIpc) is 3.30. The minimum atomic E-state index is -0.0956. The van der Waals surface area contributed by atoms with Gasteiger partial charge in [0.25, 0.3) is 0 Å². The van der Waals surface area contributed by atoms with E-state index in [0.717, 1.165) is 36.1 Å². The summed E-state index contributed by atoms with van der Waals surface area (Å²) in [6.07, 6.45) is 8.79. The summed E-state index contributed by atoms with van der Waals surface area (Å²) in [5, 5.41) is 7.43. The topological polar surface area (TPSA) is 73.8 Å². The molecular weight excluding hydrogens is 366 g/mol. The van der Waals surface area contributed by atoms with Crippen LogP contribution in [0.2, 0.25) is 0 Å². The number of benzene rings is 1. The third-order valence-electron chi connectivity index (χ3n) is 5.79. The molecule has 0 aliphatic heterocycles. The van der Waals surface area contributed by atoms with Gasteiger partial charge in [0.05, 0.1) is 23.3 Å². The van der Waals surface area contributed by atoms with Crippen molar-refractivity contribution in [1.82, 2.24) is 18.9 Å². The van der Waals surface area contributed by atoms with Crippen molar-refractivity contribution in [3.63, 3.8) is 0 Å². The summed E-state index contributed by atoms with van der Waals surface area (Å²) in [4.78, 5) is 25.5. The highest BCUT2D eigenvalue weighted by Crippen LogP contribution is 2.29. The van der Waals surface area contributed by atoms with Crippen LogP contribution in [0.3, 0.4) is 0 Å². The molecule has 1 aliphatic rings. The average molecular weight is 396 g/mol. The van der Waals surface area contributed by atoms with Crippen LogP contribution in [0.5, 0.6) is 0 Å². The van der Waals surface area contributed by atoms with Crippen LogP contribution < -0.4 is 11.0 Å². The van der Waals surface area contributed by atoms with Crippen molar-refractivity contribution in [1.29, 1.82) is 0 Å². The molecule has 29 heavy (non-hydrogen) atoms. The first-order valence-electron chi connectivity index (χ1n) is 10.7. The van der Waals surface area contributed by atoms with Gasteiger partial charge in [0.15, 0.2) is 0 Å². The highest BCUT2D eigenvalue weighted by molar-refractivity contribution is 5.90. The van der Waals surface area contributed by atoms with E-state index in [1.54, 1.807) is 15.3 Å². The predicted octanol–water partition coefficient (Wildman–Crippen LogP) is 3.94. The molecule has 2 aromatic heterocycles. The van der Waals surface area contributed by atoms with Crippen molar-refractivity contribution in [3.05, 3.63) is 47.0 Å². The lowest BCUT2D eigenvalue weighted by atomic mass is 9.96. The molecule has 4 rings (SSSR count). The fourth-order valence-electron chi connectivity index (χ4n) is 4.38. The van der Waals surface area contributed by atoms with Crippen LogP contribution >= 0.6 is 0 Å². The highest BCUT2D eigenvalue weighted by Gasteiger charge is 2.19. The molecule has 1 saturated carbocycles. The lowest BCUT2D eigenvalue weighted by Crippen LogP contribution is -2.26. The van der Waals surface area contributed by atoms with Crippen LogP contribution in [0.15, 0.2) is 41.3 Å². The highest BCUT2D eigenvalue weighted by atomic mass is 16.2. The maximum absolute atomic E-state index is 12.8. The normalized spacial score (nSPS) is 15.1. The minimum Gasteiger partial charge on any atom is -0.311 e. The Morgan fingerprint density at radius 1 is 1.07 bits per heavy atom. The molecule has 0 atom stereocenters. The maximum atomic E-state index is 12.8. The number of anilines is 1. The molecule has 1 aliphatic carbocycles. The number of nitrogens with one attached hydrogen (secondary N) is 1. The van der Waals surface area contributed by atoms with Crippen LogP contribution in [0, 0.1) is 0 Å². The number of para-hydroxylation sites is 2. The van der Waals surface area contributed by atoms with Crippen molar-refractivity contribution < 1.29 is 4.79 Å². The summed E-state index contributed by atoms with van der Waals surface area (Å²) in [7, 11) is 0. The first-order chi connectivity index (χ1) is 14.2. The number of carbonyl (C=O) groups excluding carboxylic acids is 1. The van der Waals surface area contributed by atoms with E-state index in [2.05, 4.69) is 17.3 Å². The number of imidazole rings is 1. The molecule has 2 heterocycles. The molecule has 154 valence electrons. The van der Waals surface area contributed by atoms with Crippen LogP contribution in [-0.2, 0) is 17.9 Å². The van der Waals surface area contributed by atoms with Crippen molar-refractivity contribution in [2.24, 2.45) is 0 Å². The van der Waals surface area contributed by atoms with Crippen molar-refractivity contribution in [2.45, 2.75) is 71.0 Å². The quantitative estimate of drug-likeness (QED) is 0.658. The molecule has 0 saturated heterocycles. The Morgan fingerprint density at radius 3 is 2.45 bits per heavy atom. The Kier molecular flexibility index (Phi) is 5.83. The smallest absolute Gasteiger partial charge is 0.311 e. The number of fused-ring (bicyclic) bond motifs is 1. The zero-order valence-corrected chi connectivity index (χ0v) is 17.0. The first-order valence-corrected chi connectivity index (χ1v) is 10.7.